The molecular formula is C21H23N3O3S. The number of hydrogen-bond acceptors (Lipinski definition) is 5. The molecule has 0 saturated carbocycles. The molecule has 1 aliphatic rings. The number of ether oxygens (including phenoxy) is 1. The molecule has 3 aromatic rings. The van der Waals surface area contributed by atoms with Crippen molar-refractivity contribution < 1.29 is 9.53 Å². The zero-order valence-electron chi connectivity index (χ0n) is 15.9. The average molecular weight is 398 g/mol. The van der Waals surface area contributed by atoms with Gasteiger partial charge in [-0.05, 0) is 48.9 Å². The standard InChI is InChI=1S/C21H23N3O3S/c1-27-14-8-6-13(7-9-14)12-18-23-20-19(15-4-2-3-5-16(15)28-20)21(26)24(18)11-10-17(22)25/h6-9H,2-5,10-12H2,1H3,(H2,22,25). The molecule has 0 atom stereocenters. The number of nitrogens with two attached hydrogens (primary N) is 1. The number of aromatic nitrogens is 2. The normalized spacial score (nSPS) is 13.5. The number of rotatable bonds is 6. The highest BCUT2D eigenvalue weighted by Crippen LogP contribution is 2.34. The van der Waals surface area contributed by atoms with Gasteiger partial charge in [-0.25, -0.2) is 4.98 Å². The van der Waals surface area contributed by atoms with Crippen LogP contribution in [-0.2, 0) is 30.6 Å². The zero-order valence-corrected chi connectivity index (χ0v) is 16.7. The van der Waals surface area contributed by atoms with Crippen LogP contribution in [0.3, 0.4) is 0 Å². The molecule has 2 heterocycles. The highest BCUT2D eigenvalue weighted by Gasteiger charge is 2.22. The van der Waals surface area contributed by atoms with Gasteiger partial charge in [0.2, 0.25) is 5.91 Å². The first kappa shape index (κ1) is 18.7. The summed E-state index contributed by atoms with van der Waals surface area (Å²) in [5, 5.41) is 0.739. The fourth-order valence-corrected chi connectivity index (χ4v) is 5.06. The number of amides is 1. The fourth-order valence-electron chi connectivity index (χ4n) is 3.79. The van der Waals surface area contributed by atoms with Gasteiger partial charge >= 0.3 is 0 Å². The maximum absolute atomic E-state index is 13.3. The number of thiophene rings is 1. The molecule has 7 heteroatoms. The van der Waals surface area contributed by atoms with Gasteiger partial charge in [0.25, 0.3) is 5.56 Å². The second-order valence-corrected chi connectivity index (χ2v) is 8.20. The summed E-state index contributed by atoms with van der Waals surface area (Å²) < 4.78 is 6.85. The minimum atomic E-state index is -0.422. The lowest BCUT2D eigenvalue weighted by Crippen LogP contribution is -2.28. The Balaban J connectivity index is 1.81. The number of aryl methyl sites for hydroxylation is 2. The lowest BCUT2D eigenvalue weighted by molar-refractivity contribution is -0.118. The number of primary amides is 1. The molecule has 6 nitrogen and oxygen atoms in total. The third kappa shape index (κ3) is 3.54. The van der Waals surface area contributed by atoms with E-state index in [0.29, 0.717) is 12.2 Å². The van der Waals surface area contributed by atoms with E-state index in [1.165, 1.54) is 4.88 Å². The molecule has 1 aromatic carbocycles. The number of fused-ring (bicyclic) bond motifs is 3. The predicted octanol–water partition coefficient (Wildman–Crippen LogP) is 2.81. The van der Waals surface area contributed by atoms with E-state index in [-0.39, 0.29) is 18.5 Å². The molecule has 0 bridgehead atoms. The van der Waals surface area contributed by atoms with E-state index in [2.05, 4.69) is 0 Å². The van der Waals surface area contributed by atoms with Crippen molar-refractivity contribution >= 4 is 27.5 Å². The Hall–Kier alpha value is -2.67. The van der Waals surface area contributed by atoms with Crippen LogP contribution in [0.25, 0.3) is 10.2 Å². The van der Waals surface area contributed by atoms with Gasteiger partial charge in [-0.15, -0.1) is 11.3 Å². The Bertz CT molecular complexity index is 1080. The van der Waals surface area contributed by atoms with Gasteiger partial charge in [-0.1, -0.05) is 12.1 Å². The van der Waals surface area contributed by atoms with Crippen LogP contribution in [0.1, 0.15) is 41.1 Å². The van der Waals surface area contributed by atoms with Crippen molar-refractivity contribution in [3.8, 4) is 5.75 Å². The summed E-state index contributed by atoms with van der Waals surface area (Å²) in [7, 11) is 1.63. The van der Waals surface area contributed by atoms with E-state index in [9.17, 15) is 9.59 Å². The number of carbonyl (C=O) groups excluding carboxylic acids is 1. The maximum atomic E-state index is 13.3. The van der Waals surface area contributed by atoms with Crippen LogP contribution < -0.4 is 16.0 Å². The molecule has 1 amide bonds. The van der Waals surface area contributed by atoms with E-state index in [0.717, 1.165) is 52.8 Å². The Morgan fingerprint density at radius 1 is 1.25 bits per heavy atom. The van der Waals surface area contributed by atoms with Crippen molar-refractivity contribution in [2.45, 2.75) is 45.1 Å². The number of hydrogen-bond donors (Lipinski definition) is 1. The Labute approximate surface area is 167 Å². The number of nitrogens with zero attached hydrogens (tertiary/aromatic N) is 2. The van der Waals surface area contributed by atoms with Gasteiger partial charge in [-0.3, -0.25) is 14.2 Å². The van der Waals surface area contributed by atoms with Gasteiger partial charge in [0.05, 0.1) is 12.5 Å². The molecule has 2 N–H and O–H groups in total. The summed E-state index contributed by atoms with van der Waals surface area (Å²) in [6.45, 7) is 0.257. The van der Waals surface area contributed by atoms with Crippen molar-refractivity contribution in [1.29, 1.82) is 0 Å². The van der Waals surface area contributed by atoms with Gasteiger partial charge in [-0.2, -0.15) is 0 Å². The average Bonchev–Trinajstić information content (AvgIpc) is 3.06. The van der Waals surface area contributed by atoms with Crippen molar-refractivity contribution in [1.82, 2.24) is 9.55 Å². The SMILES string of the molecule is COc1ccc(Cc2nc3sc4c(c3c(=O)n2CCC(N)=O)CCCC4)cc1. The van der Waals surface area contributed by atoms with Gasteiger partial charge in [0.15, 0.2) is 0 Å². The van der Waals surface area contributed by atoms with Crippen LogP contribution in [0, 0.1) is 0 Å². The molecular weight excluding hydrogens is 374 g/mol. The van der Waals surface area contributed by atoms with Crippen molar-refractivity contribution in [2.75, 3.05) is 7.11 Å². The second kappa shape index (κ2) is 7.75. The monoisotopic (exact) mass is 397 g/mol. The molecule has 0 radical (unpaired) electrons. The molecule has 0 saturated heterocycles. The maximum Gasteiger partial charge on any atom is 0.262 e. The van der Waals surface area contributed by atoms with Crippen LogP contribution in [0.2, 0.25) is 0 Å². The first-order valence-corrected chi connectivity index (χ1v) is 10.3. The topological polar surface area (TPSA) is 87.2 Å². The van der Waals surface area contributed by atoms with E-state index in [1.807, 2.05) is 24.3 Å². The van der Waals surface area contributed by atoms with E-state index in [4.69, 9.17) is 15.5 Å². The lowest BCUT2D eigenvalue weighted by Gasteiger charge is -2.13. The molecule has 0 unspecified atom stereocenters. The summed E-state index contributed by atoms with van der Waals surface area (Å²) in [6, 6.07) is 7.72. The van der Waals surface area contributed by atoms with Gasteiger partial charge in [0.1, 0.15) is 16.4 Å². The zero-order chi connectivity index (χ0) is 19.7. The van der Waals surface area contributed by atoms with E-state index in [1.54, 1.807) is 23.0 Å². The second-order valence-electron chi connectivity index (χ2n) is 7.12. The summed E-state index contributed by atoms with van der Waals surface area (Å²) in [5.41, 5.74) is 7.48. The minimum Gasteiger partial charge on any atom is -0.497 e. The molecule has 2 aromatic heterocycles. The number of methoxy groups -OCH3 is 1. The highest BCUT2D eigenvalue weighted by molar-refractivity contribution is 7.18. The summed E-state index contributed by atoms with van der Waals surface area (Å²) in [6.07, 6.45) is 4.85. The smallest absolute Gasteiger partial charge is 0.262 e. The highest BCUT2D eigenvalue weighted by atomic mass is 32.1. The van der Waals surface area contributed by atoms with Gasteiger partial charge < -0.3 is 10.5 Å². The Kier molecular flexibility index (Phi) is 5.17. The van der Waals surface area contributed by atoms with Crippen molar-refractivity contribution in [3.05, 3.63) is 56.4 Å². The quantitative estimate of drug-likeness (QED) is 0.693. The van der Waals surface area contributed by atoms with E-state index < -0.39 is 5.91 Å². The number of benzene rings is 1. The summed E-state index contributed by atoms with van der Waals surface area (Å²) >= 11 is 1.64. The fraction of sp³-hybridized carbons (Fsp3) is 0.381. The molecule has 1 aliphatic carbocycles. The van der Waals surface area contributed by atoms with Crippen molar-refractivity contribution in [2.24, 2.45) is 5.73 Å². The molecule has 28 heavy (non-hydrogen) atoms. The summed E-state index contributed by atoms with van der Waals surface area (Å²) in [5.74, 6) is 1.03. The van der Waals surface area contributed by atoms with Crippen LogP contribution in [0.15, 0.2) is 29.1 Å². The van der Waals surface area contributed by atoms with Crippen LogP contribution in [0.5, 0.6) is 5.75 Å². The molecule has 0 fully saturated rings. The van der Waals surface area contributed by atoms with Crippen LogP contribution in [0.4, 0.5) is 0 Å². The first-order chi connectivity index (χ1) is 13.6. The third-order valence-electron chi connectivity index (χ3n) is 5.26. The third-order valence-corrected chi connectivity index (χ3v) is 6.44. The number of carbonyl (C=O) groups is 1. The minimum absolute atomic E-state index is 0.0471. The molecule has 0 aliphatic heterocycles. The largest absolute Gasteiger partial charge is 0.497 e. The van der Waals surface area contributed by atoms with Gasteiger partial charge in [0, 0.05) is 24.3 Å². The lowest BCUT2D eigenvalue weighted by atomic mass is 9.97. The first-order valence-electron chi connectivity index (χ1n) is 9.52. The molecule has 4 rings (SSSR count). The summed E-state index contributed by atoms with van der Waals surface area (Å²) in [4.78, 5) is 31.6. The van der Waals surface area contributed by atoms with Crippen LogP contribution >= 0.6 is 11.3 Å². The Morgan fingerprint density at radius 2 is 2.00 bits per heavy atom. The van der Waals surface area contributed by atoms with Crippen molar-refractivity contribution in [3.63, 3.8) is 0 Å². The van der Waals surface area contributed by atoms with E-state index >= 15 is 0 Å². The predicted molar refractivity (Wildman–Crippen MR) is 110 cm³/mol. The Morgan fingerprint density at radius 3 is 2.71 bits per heavy atom. The molecule has 0 spiro atoms. The van der Waals surface area contributed by atoms with Crippen LogP contribution in [-0.4, -0.2) is 22.6 Å². The molecule has 146 valence electrons.